The molecule has 17 atom stereocenters. The van der Waals surface area contributed by atoms with Crippen LogP contribution < -0.4 is 0 Å². The van der Waals surface area contributed by atoms with Gasteiger partial charge in [0.1, 0.15) is 24.4 Å². The van der Waals surface area contributed by atoms with Crippen molar-refractivity contribution in [1.29, 1.82) is 0 Å². The largest absolute Gasteiger partial charge is 0.479 e. The topological polar surface area (TPSA) is 213 Å². The number of ether oxygens (including phenoxy) is 3. The van der Waals surface area contributed by atoms with Gasteiger partial charge in [0.25, 0.3) is 0 Å². The van der Waals surface area contributed by atoms with Crippen LogP contribution in [0, 0.1) is 46.3 Å². The van der Waals surface area contributed by atoms with Gasteiger partial charge in [0.2, 0.25) is 0 Å². The Kier molecular flexibility index (Phi) is 9.52. The molecule has 2 aliphatic heterocycles. The molecule has 13 nitrogen and oxygen atoms in total. The Hall–Kier alpha value is -1.20. The van der Waals surface area contributed by atoms with E-state index in [1.807, 2.05) is 6.92 Å². The van der Waals surface area contributed by atoms with Crippen molar-refractivity contribution < 1.29 is 61.7 Å². The molecule has 48 heavy (non-hydrogen) atoms. The van der Waals surface area contributed by atoms with Crippen LogP contribution >= 0.6 is 0 Å². The van der Waals surface area contributed by atoms with E-state index in [9.17, 15) is 43.3 Å². The first-order valence-electron chi connectivity index (χ1n) is 17.5. The molecule has 0 spiro atoms. The number of rotatable bonds is 9. The fraction of sp³-hybridized carbons (Fsp3) is 0.912. The van der Waals surface area contributed by atoms with Crippen molar-refractivity contribution in [3.05, 3.63) is 11.6 Å². The third-order valence-electron chi connectivity index (χ3n) is 13.7. The Morgan fingerprint density at radius 2 is 1.71 bits per heavy atom. The summed E-state index contributed by atoms with van der Waals surface area (Å²) < 4.78 is 57.3. The molecular formula is C34H54O13S. The van der Waals surface area contributed by atoms with Crippen molar-refractivity contribution >= 4 is 16.4 Å². The highest BCUT2D eigenvalue weighted by Crippen LogP contribution is 2.68. The standard InChI is InChI=1S/C34H54O13S/c1-15(2)16(3)27-29(45-27)34(6,40)23-8-7-19-18-14-22(47-48(41,42)43)21-13-17(9-11-32(21,4)20(18)10-12-33(19,23)5)44-31-26(37)24(35)25(36)28(46-31)30(38)39/h10,15-19,21-29,31,35-37,40H,7-9,11-14H2,1-6H3,(H,38,39)(H,41,42,43)/t16-,17-,18-,19-,21+,22-,23-,24+,25-,26+,27-,28-,29+,31+,32+,33-,34+/m0/s1. The van der Waals surface area contributed by atoms with Gasteiger partial charge in [0, 0.05) is 0 Å². The predicted molar refractivity (Wildman–Crippen MR) is 169 cm³/mol. The average molecular weight is 703 g/mol. The predicted octanol–water partition coefficient (Wildman–Crippen LogP) is 2.45. The quantitative estimate of drug-likeness (QED) is 0.0883. The van der Waals surface area contributed by atoms with E-state index in [-0.39, 0.29) is 41.8 Å². The molecular weight excluding hydrogens is 648 g/mol. The maximum absolute atomic E-state index is 12.2. The van der Waals surface area contributed by atoms with E-state index >= 15 is 0 Å². The third-order valence-corrected chi connectivity index (χ3v) is 14.2. The van der Waals surface area contributed by atoms with Gasteiger partial charge in [-0.15, -0.1) is 0 Å². The second-order valence-electron chi connectivity index (χ2n) is 16.7. The molecule has 6 N–H and O–H groups in total. The van der Waals surface area contributed by atoms with Crippen LogP contribution in [0.2, 0.25) is 0 Å². The summed E-state index contributed by atoms with van der Waals surface area (Å²) in [5.41, 5.74) is -0.570. The van der Waals surface area contributed by atoms with Gasteiger partial charge in [-0.2, -0.15) is 8.42 Å². The minimum atomic E-state index is -4.83. The molecule has 4 aliphatic carbocycles. The molecule has 0 radical (unpaired) electrons. The van der Waals surface area contributed by atoms with Crippen LogP contribution in [0.5, 0.6) is 0 Å². The number of hydrogen-bond donors (Lipinski definition) is 6. The monoisotopic (exact) mass is 702 g/mol. The molecule has 2 saturated heterocycles. The Morgan fingerprint density at radius 3 is 2.33 bits per heavy atom. The normalized spacial score (nSPS) is 49.2. The van der Waals surface area contributed by atoms with E-state index in [0.29, 0.717) is 31.1 Å². The number of hydrogen-bond acceptors (Lipinski definition) is 11. The molecule has 14 heteroatoms. The van der Waals surface area contributed by atoms with E-state index in [1.54, 1.807) is 0 Å². The highest BCUT2D eigenvalue weighted by molar-refractivity contribution is 7.80. The van der Waals surface area contributed by atoms with Gasteiger partial charge in [-0.1, -0.05) is 46.3 Å². The Labute approximate surface area is 282 Å². The van der Waals surface area contributed by atoms with Crippen molar-refractivity contribution in [1.82, 2.24) is 0 Å². The SMILES string of the molecule is CC(C)[C@H](C)[C@@H]1O[C@H]1[C@](C)(O)[C@H]1CC[C@H]2[C@@H]3C[C@H](OS(=O)(=O)O)[C@H]4C[C@@H](O[C@@H]5O[C@H](C(=O)O)[C@@H](O)[C@@H](O)[C@H]5O)CC[C@]4(C)C3=CC[C@]12C. The lowest BCUT2D eigenvalue weighted by molar-refractivity contribution is -0.309. The number of carboxylic acid groups (broad SMARTS) is 1. The molecule has 274 valence electrons. The van der Waals surface area contributed by atoms with Crippen LogP contribution in [0.15, 0.2) is 11.6 Å². The van der Waals surface area contributed by atoms with Gasteiger partial charge in [-0.3, -0.25) is 4.55 Å². The second-order valence-corrected chi connectivity index (χ2v) is 17.7. The number of fused-ring (bicyclic) bond motifs is 5. The zero-order chi connectivity index (χ0) is 35.3. The fourth-order valence-corrected chi connectivity index (χ4v) is 11.3. The van der Waals surface area contributed by atoms with Crippen LogP contribution in [0.3, 0.4) is 0 Å². The second kappa shape index (κ2) is 12.5. The summed E-state index contributed by atoms with van der Waals surface area (Å²) >= 11 is 0. The highest BCUT2D eigenvalue weighted by atomic mass is 32.3. The van der Waals surface area contributed by atoms with Crippen LogP contribution in [-0.4, -0.2) is 105 Å². The van der Waals surface area contributed by atoms with Gasteiger partial charge >= 0.3 is 16.4 Å². The first kappa shape index (κ1) is 36.6. The molecule has 5 fully saturated rings. The minimum absolute atomic E-state index is 0.0140. The summed E-state index contributed by atoms with van der Waals surface area (Å²) in [7, 11) is -4.83. The van der Waals surface area contributed by atoms with Crippen molar-refractivity contribution in [2.75, 3.05) is 0 Å². The molecule has 0 aromatic heterocycles. The van der Waals surface area contributed by atoms with E-state index in [0.717, 1.165) is 19.3 Å². The molecule has 0 aromatic carbocycles. The van der Waals surface area contributed by atoms with E-state index in [1.165, 1.54) is 5.57 Å². The number of carbonyl (C=O) groups is 1. The number of aliphatic hydroxyl groups is 4. The lowest BCUT2D eigenvalue weighted by atomic mass is 9.47. The zero-order valence-corrected chi connectivity index (χ0v) is 29.5. The summed E-state index contributed by atoms with van der Waals surface area (Å²) in [6, 6.07) is 0. The van der Waals surface area contributed by atoms with Gasteiger partial charge in [-0.05, 0) is 98.2 Å². The number of aliphatic carboxylic acids is 1. The van der Waals surface area contributed by atoms with Crippen molar-refractivity contribution in [2.45, 2.75) is 147 Å². The Bertz CT molecular complexity index is 1380. The maximum atomic E-state index is 12.2. The third kappa shape index (κ3) is 6.09. The summed E-state index contributed by atoms with van der Waals surface area (Å²) in [5, 5.41) is 52.4. The van der Waals surface area contributed by atoms with E-state index < -0.39 is 76.2 Å². The molecule has 0 amide bonds. The number of epoxide rings is 1. The van der Waals surface area contributed by atoms with Crippen LogP contribution in [0.1, 0.15) is 86.5 Å². The van der Waals surface area contributed by atoms with Gasteiger partial charge in [-0.25, -0.2) is 8.98 Å². The smallest absolute Gasteiger partial charge is 0.397 e. The summed E-state index contributed by atoms with van der Waals surface area (Å²) in [4.78, 5) is 11.6. The summed E-state index contributed by atoms with van der Waals surface area (Å²) in [6.45, 7) is 12.7. The van der Waals surface area contributed by atoms with Crippen LogP contribution in [0.4, 0.5) is 0 Å². The molecule has 3 saturated carbocycles. The average Bonchev–Trinajstić information content (AvgIpc) is 3.72. The van der Waals surface area contributed by atoms with Crippen molar-refractivity contribution in [3.8, 4) is 0 Å². The molecule has 2 heterocycles. The molecule has 0 unspecified atom stereocenters. The van der Waals surface area contributed by atoms with Gasteiger partial charge in [0.15, 0.2) is 12.4 Å². The van der Waals surface area contributed by atoms with Crippen LogP contribution in [0.25, 0.3) is 0 Å². The summed E-state index contributed by atoms with van der Waals surface area (Å²) in [5.74, 6) is -1.09. The Morgan fingerprint density at radius 1 is 1.02 bits per heavy atom. The van der Waals surface area contributed by atoms with Crippen molar-refractivity contribution in [2.24, 2.45) is 46.3 Å². The van der Waals surface area contributed by atoms with Gasteiger partial charge < -0.3 is 39.7 Å². The number of carboxylic acids is 1. The fourth-order valence-electron chi connectivity index (χ4n) is 10.8. The first-order valence-corrected chi connectivity index (χ1v) is 18.9. The molecule has 0 aromatic rings. The highest BCUT2D eigenvalue weighted by Gasteiger charge is 2.66. The first-order chi connectivity index (χ1) is 22.2. The lowest BCUT2D eigenvalue weighted by Crippen LogP contribution is -2.61. The van der Waals surface area contributed by atoms with E-state index in [2.05, 4.69) is 40.7 Å². The minimum Gasteiger partial charge on any atom is -0.479 e. The maximum Gasteiger partial charge on any atom is 0.397 e. The molecule has 6 rings (SSSR count). The molecule has 0 bridgehead atoms. The number of aliphatic hydroxyl groups excluding tert-OH is 3. The number of allylic oxidation sites excluding steroid dienone is 2. The van der Waals surface area contributed by atoms with E-state index in [4.69, 9.17) is 18.4 Å². The Balaban J connectivity index is 1.24. The van der Waals surface area contributed by atoms with Crippen molar-refractivity contribution in [3.63, 3.8) is 0 Å². The zero-order valence-electron chi connectivity index (χ0n) is 28.6. The lowest BCUT2D eigenvalue weighted by Gasteiger charge is -2.59. The van der Waals surface area contributed by atoms with Gasteiger partial charge in [0.05, 0.1) is 23.9 Å². The molecule has 6 aliphatic rings. The van der Waals surface area contributed by atoms with Crippen LogP contribution in [-0.2, 0) is 33.6 Å². The summed E-state index contributed by atoms with van der Waals surface area (Å²) in [6.07, 6.45) is -4.09.